The smallest absolute Gasteiger partial charge is 0.123 e. The van der Waals surface area contributed by atoms with Gasteiger partial charge in [0, 0.05) is 23.8 Å². The summed E-state index contributed by atoms with van der Waals surface area (Å²) in [6.45, 7) is 5.83. The number of nitrogens with zero attached hydrogens (tertiary/aromatic N) is 1. The van der Waals surface area contributed by atoms with Gasteiger partial charge in [-0.25, -0.2) is 0 Å². The second kappa shape index (κ2) is 8.33. The molecule has 3 nitrogen and oxygen atoms in total. The van der Waals surface area contributed by atoms with Gasteiger partial charge < -0.3 is 10.5 Å². The third-order valence-electron chi connectivity index (χ3n) is 3.30. The van der Waals surface area contributed by atoms with Gasteiger partial charge in [0.15, 0.2) is 0 Å². The lowest BCUT2D eigenvalue weighted by Crippen LogP contribution is -2.29. The molecule has 0 fully saturated rings. The zero-order valence-corrected chi connectivity index (χ0v) is 13.3. The summed E-state index contributed by atoms with van der Waals surface area (Å²) in [5, 5.41) is 0. The van der Waals surface area contributed by atoms with E-state index in [0.717, 1.165) is 18.0 Å². The molecule has 0 saturated heterocycles. The minimum atomic E-state index is 0.559. The van der Waals surface area contributed by atoms with Crippen molar-refractivity contribution in [2.24, 2.45) is 0 Å². The highest BCUT2D eigenvalue weighted by Crippen LogP contribution is 2.23. The molecule has 0 radical (unpaired) electrons. The van der Waals surface area contributed by atoms with Gasteiger partial charge in [-0.05, 0) is 57.5 Å². The highest BCUT2D eigenvalue weighted by atomic mass is 32.2. The van der Waals surface area contributed by atoms with Crippen molar-refractivity contribution in [3.05, 3.63) is 23.8 Å². The quantitative estimate of drug-likeness (QED) is 0.743. The Labute approximate surface area is 121 Å². The van der Waals surface area contributed by atoms with Gasteiger partial charge in [-0.1, -0.05) is 0 Å². The molecule has 108 valence electrons. The molecule has 0 aromatic heterocycles. The van der Waals surface area contributed by atoms with Crippen molar-refractivity contribution >= 4 is 17.4 Å². The van der Waals surface area contributed by atoms with Crippen molar-refractivity contribution < 1.29 is 4.74 Å². The predicted octanol–water partition coefficient (Wildman–Crippen LogP) is 3.24. The van der Waals surface area contributed by atoms with Crippen molar-refractivity contribution in [2.45, 2.75) is 32.9 Å². The van der Waals surface area contributed by atoms with Crippen molar-refractivity contribution in [2.75, 3.05) is 31.4 Å². The van der Waals surface area contributed by atoms with Crippen LogP contribution in [0.5, 0.6) is 5.75 Å². The molecule has 1 aromatic carbocycles. The summed E-state index contributed by atoms with van der Waals surface area (Å²) in [6, 6.07) is 6.44. The molecule has 1 aromatic rings. The third-order valence-corrected chi connectivity index (χ3v) is 3.94. The number of benzene rings is 1. The average Bonchev–Trinajstić information content (AvgIpc) is 2.39. The highest BCUT2D eigenvalue weighted by molar-refractivity contribution is 7.98. The van der Waals surface area contributed by atoms with Crippen LogP contribution in [0.1, 0.15) is 25.8 Å². The fourth-order valence-electron chi connectivity index (χ4n) is 1.95. The molecule has 0 heterocycles. The molecule has 0 aliphatic heterocycles. The van der Waals surface area contributed by atoms with E-state index in [1.165, 1.54) is 17.7 Å². The van der Waals surface area contributed by atoms with Gasteiger partial charge in [-0.2, -0.15) is 11.8 Å². The average molecular weight is 282 g/mol. The first kappa shape index (κ1) is 16.2. The van der Waals surface area contributed by atoms with Gasteiger partial charge in [0.2, 0.25) is 0 Å². The summed E-state index contributed by atoms with van der Waals surface area (Å²) in [6.07, 6.45) is 3.35. The molecule has 0 aliphatic rings. The van der Waals surface area contributed by atoms with E-state index in [1.54, 1.807) is 0 Å². The molecule has 1 atom stereocenters. The second-order valence-electron chi connectivity index (χ2n) is 4.85. The van der Waals surface area contributed by atoms with Crippen LogP contribution in [0, 0.1) is 0 Å². The molecule has 2 N–H and O–H groups in total. The molecule has 0 spiro atoms. The lowest BCUT2D eigenvalue weighted by atomic mass is 10.1. The number of thioether (sulfide) groups is 1. The van der Waals surface area contributed by atoms with E-state index in [9.17, 15) is 0 Å². The van der Waals surface area contributed by atoms with Crippen molar-refractivity contribution in [3.63, 3.8) is 0 Å². The van der Waals surface area contributed by atoms with Crippen LogP contribution in [0.2, 0.25) is 0 Å². The lowest BCUT2D eigenvalue weighted by molar-refractivity contribution is 0.239. The molecular formula is C15H26N2OS. The molecule has 0 aliphatic carbocycles. The summed E-state index contributed by atoms with van der Waals surface area (Å²) in [4.78, 5) is 2.35. The van der Waals surface area contributed by atoms with Crippen LogP contribution in [-0.2, 0) is 6.54 Å². The molecule has 0 bridgehead atoms. The maximum absolute atomic E-state index is 5.88. The summed E-state index contributed by atoms with van der Waals surface area (Å²) in [5.74, 6) is 2.14. The van der Waals surface area contributed by atoms with Crippen LogP contribution >= 0.6 is 11.8 Å². The Kier molecular flexibility index (Phi) is 7.10. The first-order valence-electron chi connectivity index (χ1n) is 6.78. The predicted molar refractivity (Wildman–Crippen MR) is 86.0 cm³/mol. The van der Waals surface area contributed by atoms with Gasteiger partial charge in [-0.3, -0.25) is 4.90 Å². The minimum Gasteiger partial charge on any atom is -0.494 e. The van der Waals surface area contributed by atoms with E-state index < -0.39 is 0 Å². The summed E-state index contributed by atoms with van der Waals surface area (Å²) < 4.78 is 5.67. The monoisotopic (exact) mass is 282 g/mol. The van der Waals surface area contributed by atoms with Gasteiger partial charge in [-0.15, -0.1) is 0 Å². The fourth-order valence-corrected chi connectivity index (χ4v) is 2.53. The van der Waals surface area contributed by atoms with Crippen LogP contribution in [0.4, 0.5) is 5.69 Å². The van der Waals surface area contributed by atoms with Crippen LogP contribution in [0.25, 0.3) is 0 Å². The van der Waals surface area contributed by atoms with Crippen molar-refractivity contribution in [3.8, 4) is 5.75 Å². The zero-order valence-electron chi connectivity index (χ0n) is 12.5. The van der Waals surface area contributed by atoms with Gasteiger partial charge in [0.1, 0.15) is 5.75 Å². The van der Waals surface area contributed by atoms with Crippen molar-refractivity contribution in [1.82, 2.24) is 4.90 Å². The van der Waals surface area contributed by atoms with E-state index in [2.05, 4.69) is 25.1 Å². The van der Waals surface area contributed by atoms with Gasteiger partial charge >= 0.3 is 0 Å². The number of nitrogen functional groups attached to an aromatic ring is 1. The van der Waals surface area contributed by atoms with E-state index in [1.807, 2.05) is 36.9 Å². The molecule has 19 heavy (non-hydrogen) atoms. The molecule has 1 rings (SSSR count). The van der Waals surface area contributed by atoms with E-state index in [0.29, 0.717) is 12.6 Å². The van der Waals surface area contributed by atoms with Gasteiger partial charge in [0.25, 0.3) is 0 Å². The van der Waals surface area contributed by atoms with Crippen LogP contribution in [0.3, 0.4) is 0 Å². The van der Waals surface area contributed by atoms with Crippen LogP contribution in [-0.4, -0.2) is 36.6 Å². The number of rotatable bonds is 8. The number of ether oxygens (including phenoxy) is 1. The number of hydrogen-bond donors (Lipinski definition) is 1. The van der Waals surface area contributed by atoms with Gasteiger partial charge in [0.05, 0.1) is 6.61 Å². The Morgan fingerprint density at radius 1 is 1.42 bits per heavy atom. The third kappa shape index (κ3) is 5.33. The van der Waals surface area contributed by atoms with E-state index in [-0.39, 0.29) is 0 Å². The molecule has 0 saturated carbocycles. The maximum Gasteiger partial charge on any atom is 0.123 e. The number of anilines is 1. The Balaban J connectivity index is 2.71. The standard InChI is InChI=1S/C15H26N2OS/c1-5-18-15-7-6-14(16)10-13(15)11-17(3)12(2)8-9-19-4/h6-7,10,12H,5,8-9,11,16H2,1-4H3. The summed E-state index contributed by atoms with van der Waals surface area (Å²) in [5.41, 5.74) is 7.84. The SMILES string of the molecule is CCOc1ccc(N)cc1CN(C)C(C)CCSC. The summed E-state index contributed by atoms with van der Waals surface area (Å²) in [7, 11) is 2.16. The van der Waals surface area contributed by atoms with Crippen molar-refractivity contribution in [1.29, 1.82) is 0 Å². The molecular weight excluding hydrogens is 256 g/mol. The van der Waals surface area contributed by atoms with Crippen LogP contribution < -0.4 is 10.5 Å². The Morgan fingerprint density at radius 3 is 2.79 bits per heavy atom. The Hall–Kier alpha value is -0.870. The van der Waals surface area contributed by atoms with Crippen LogP contribution in [0.15, 0.2) is 18.2 Å². The molecule has 1 unspecified atom stereocenters. The lowest BCUT2D eigenvalue weighted by Gasteiger charge is -2.25. The normalized spacial score (nSPS) is 12.7. The molecule has 4 heteroatoms. The zero-order chi connectivity index (χ0) is 14.3. The summed E-state index contributed by atoms with van der Waals surface area (Å²) >= 11 is 1.90. The highest BCUT2D eigenvalue weighted by Gasteiger charge is 2.12. The number of nitrogens with two attached hydrogens (primary N) is 1. The largest absolute Gasteiger partial charge is 0.494 e. The first-order chi connectivity index (χ1) is 9.08. The fraction of sp³-hybridized carbons (Fsp3) is 0.600. The Bertz CT molecular complexity index is 384. The van der Waals surface area contributed by atoms with E-state index in [4.69, 9.17) is 10.5 Å². The second-order valence-corrected chi connectivity index (χ2v) is 5.83. The maximum atomic E-state index is 5.88. The first-order valence-corrected chi connectivity index (χ1v) is 8.18. The van der Waals surface area contributed by atoms with E-state index >= 15 is 0 Å². The Morgan fingerprint density at radius 2 is 2.16 bits per heavy atom. The number of hydrogen-bond acceptors (Lipinski definition) is 4. The topological polar surface area (TPSA) is 38.5 Å². The minimum absolute atomic E-state index is 0.559. The molecule has 0 amide bonds.